The summed E-state index contributed by atoms with van der Waals surface area (Å²) in [6.07, 6.45) is 3.49. The molecule has 0 bridgehead atoms. The summed E-state index contributed by atoms with van der Waals surface area (Å²) < 4.78 is 0. The third-order valence-electron chi connectivity index (χ3n) is 4.72. The van der Waals surface area contributed by atoms with Crippen LogP contribution in [0.3, 0.4) is 0 Å². The molecule has 0 atom stereocenters. The Balaban J connectivity index is 1.56. The van der Waals surface area contributed by atoms with E-state index in [-0.39, 0.29) is 5.91 Å². The summed E-state index contributed by atoms with van der Waals surface area (Å²) >= 11 is 0. The monoisotopic (exact) mass is 292 g/mol. The van der Waals surface area contributed by atoms with Gasteiger partial charge in [-0.3, -0.25) is 4.79 Å². The molecule has 2 aliphatic heterocycles. The van der Waals surface area contributed by atoms with Crippen LogP contribution in [0.1, 0.15) is 28.8 Å². The van der Waals surface area contributed by atoms with E-state index in [4.69, 9.17) is 0 Å². The van der Waals surface area contributed by atoms with Crippen LogP contribution < -0.4 is 9.80 Å². The Kier molecular flexibility index (Phi) is 3.34. The molecule has 0 saturated carbocycles. The Bertz CT molecular complexity index is 687. The van der Waals surface area contributed by atoms with Crippen molar-refractivity contribution in [1.82, 2.24) is 0 Å². The zero-order valence-corrected chi connectivity index (χ0v) is 12.7. The summed E-state index contributed by atoms with van der Waals surface area (Å²) in [7, 11) is 0. The van der Waals surface area contributed by atoms with Crippen LogP contribution in [0, 0.1) is 0 Å². The lowest BCUT2D eigenvalue weighted by molar-refractivity contribution is 0.0989. The van der Waals surface area contributed by atoms with Crippen LogP contribution in [-0.4, -0.2) is 25.5 Å². The van der Waals surface area contributed by atoms with Gasteiger partial charge in [0.15, 0.2) is 0 Å². The van der Waals surface area contributed by atoms with Crippen molar-refractivity contribution in [1.29, 1.82) is 0 Å². The molecule has 1 amide bonds. The maximum atomic E-state index is 12.8. The number of fused-ring (bicyclic) bond motifs is 1. The van der Waals surface area contributed by atoms with Crippen LogP contribution in [0.25, 0.3) is 0 Å². The van der Waals surface area contributed by atoms with Gasteiger partial charge in [0.2, 0.25) is 0 Å². The van der Waals surface area contributed by atoms with Crippen molar-refractivity contribution in [2.24, 2.45) is 0 Å². The van der Waals surface area contributed by atoms with Gasteiger partial charge in [0, 0.05) is 36.6 Å². The smallest absolute Gasteiger partial charge is 0.258 e. The van der Waals surface area contributed by atoms with E-state index in [9.17, 15) is 4.79 Å². The number of hydrogen-bond donors (Lipinski definition) is 0. The Labute approximate surface area is 131 Å². The van der Waals surface area contributed by atoms with E-state index in [1.165, 1.54) is 24.1 Å². The van der Waals surface area contributed by atoms with E-state index in [1.807, 2.05) is 35.2 Å². The zero-order valence-electron chi connectivity index (χ0n) is 12.7. The minimum Gasteiger partial charge on any atom is -0.372 e. The van der Waals surface area contributed by atoms with Crippen molar-refractivity contribution in [2.45, 2.75) is 19.3 Å². The standard InChI is InChI=1S/C19H20N2O/c22-19(21-14-11-15-5-1-2-6-18(15)21)16-7-9-17(10-8-16)20-12-3-4-13-20/h1-2,5-10H,3-4,11-14H2. The molecule has 4 rings (SSSR count). The van der Waals surface area contributed by atoms with Gasteiger partial charge < -0.3 is 9.80 Å². The van der Waals surface area contributed by atoms with Gasteiger partial charge in [-0.25, -0.2) is 0 Å². The summed E-state index contributed by atoms with van der Waals surface area (Å²) in [6, 6.07) is 16.3. The Morgan fingerprint density at radius 3 is 2.36 bits per heavy atom. The third-order valence-corrected chi connectivity index (χ3v) is 4.72. The van der Waals surface area contributed by atoms with Crippen molar-refractivity contribution < 1.29 is 4.79 Å². The van der Waals surface area contributed by atoms with Gasteiger partial charge >= 0.3 is 0 Å². The van der Waals surface area contributed by atoms with Crippen LogP contribution in [0.5, 0.6) is 0 Å². The van der Waals surface area contributed by atoms with Crippen LogP contribution in [0.2, 0.25) is 0 Å². The van der Waals surface area contributed by atoms with Crippen LogP contribution in [-0.2, 0) is 6.42 Å². The highest BCUT2D eigenvalue weighted by Gasteiger charge is 2.25. The molecule has 0 spiro atoms. The largest absolute Gasteiger partial charge is 0.372 e. The average molecular weight is 292 g/mol. The van der Waals surface area contributed by atoms with Crippen LogP contribution in [0.15, 0.2) is 48.5 Å². The van der Waals surface area contributed by atoms with E-state index in [1.54, 1.807) is 0 Å². The minimum atomic E-state index is 0.109. The number of carbonyl (C=O) groups excluding carboxylic acids is 1. The molecule has 0 N–H and O–H groups in total. The predicted molar refractivity (Wildman–Crippen MR) is 89.7 cm³/mol. The Morgan fingerprint density at radius 2 is 1.59 bits per heavy atom. The topological polar surface area (TPSA) is 23.6 Å². The second-order valence-electron chi connectivity index (χ2n) is 6.08. The first-order chi connectivity index (χ1) is 10.8. The molecule has 0 unspecified atom stereocenters. The molecule has 3 nitrogen and oxygen atoms in total. The minimum absolute atomic E-state index is 0.109. The van der Waals surface area contributed by atoms with E-state index in [2.05, 4.69) is 23.1 Å². The maximum Gasteiger partial charge on any atom is 0.258 e. The molecule has 0 aliphatic carbocycles. The summed E-state index contributed by atoms with van der Waals surface area (Å²) in [6.45, 7) is 3.05. The van der Waals surface area contributed by atoms with Gasteiger partial charge in [0.05, 0.1) is 0 Å². The van der Waals surface area contributed by atoms with Crippen LogP contribution in [0.4, 0.5) is 11.4 Å². The summed E-state index contributed by atoms with van der Waals surface area (Å²) in [5.41, 5.74) is 4.34. The van der Waals surface area contributed by atoms with Crippen molar-refractivity contribution in [3.05, 3.63) is 59.7 Å². The lowest BCUT2D eigenvalue weighted by Gasteiger charge is -2.20. The maximum absolute atomic E-state index is 12.8. The first-order valence-electron chi connectivity index (χ1n) is 8.08. The molecule has 2 heterocycles. The SMILES string of the molecule is O=C(c1ccc(N2CCCC2)cc1)N1CCc2ccccc21. The van der Waals surface area contributed by atoms with Gasteiger partial charge in [0.25, 0.3) is 5.91 Å². The third kappa shape index (κ3) is 2.27. The molecule has 0 radical (unpaired) electrons. The summed E-state index contributed by atoms with van der Waals surface area (Å²) in [5.74, 6) is 0.109. The second-order valence-corrected chi connectivity index (χ2v) is 6.08. The van der Waals surface area contributed by atoms with E-state index in [0.717, 1.165) is 37.3 Å². The number of hydrogen-bond acceptors (Lipinski definition) is 2. The quantitative estimate of drug-likeness (QED) is 0.846. The Hall–Kier alpha value is -2.29. The predicted octanol–water partition coefficient (Wildman–Crippen LogP) is 3.49. The number of benzene rings is 2. The number of amides is 1. The molecular formula is C19H20N2O. The molecular weight excluding hydrogens is 272 g/mol. The molecule has 2 aliphatic rings. The number of para-hydroxylation sites is 1. The molecule has 112 valence electrons. The molecule has 1 saturated heterocycles. The first kappa shape index (κ1) is 13.4. The highest BCUT2D eigenvalue weighted by Crippen LogP contribution is 2.29. The fourth-order valence-corrected chi connectivity index (χ4v) is 3.50. The van der Waals surface area contributed by atoms with Gasteiger partial charge in [-0.2, -0.15) is 0 Å². The molecule has 2 aromatic carbocycles. The zero-order chi connectivity index (χ0) is 14.9. The van der Waals surface area contributed by atoms with Gasteiger partial charge in [-0.1, -0.05) is 18.2 Å². The lowest BCUT2D eigenvalue weighted by atomic mass is 10.1. The average Bonchev–Trinajstić information content (AvgIpc) is 3.24. The van der Waals surface area contributed by atoms with Gasteiger partial charge in [-0.05, 0) is 55.2 Å². The number of rotatable bonds is 2. The molecule has 0 aromatic heterocycles. The Morgan fingerprint density at radius 1 is 0.864 bits per heavy atom. The number of nitrogens with zero attached hydrogens (tertiary/aromatic N) is 2. The molecule has 2 aromatic rings. The fraction of sp³-hybridized carbons (Fsp3) is 0.316. The normalized spacial score (nSPS) is 16.9. The molecule has 3 heteroatoms. The highest BCUT2D eigenvalue weighted by molar-refractivity contribution is 6.07. The fourth-order valence-electron chi connectivity index (χ4n) is 3.50. The van der Waals surface area contributed by atoms with Crippen molar-refractivity contribution in [3.8, 4) is 0 Å². The second kappa shape index (κ2) is 5.48. The highest BCUT2D eigenvalue weighted by atomic mass is 16.2. The van der Waals surface area contributed by atoms with E-state index in [0.29, 0.717) is 0 Å². The first-order valence-corrected chi connectivity index (χ1v) is 8.08. The lowest BCUT2D eigenvalue weighted by Crippen LogP contribution is -2.28. The van der Waals surface area contributed by atoms with Crippen molar-refractivity contribution in [3.63, 3.8) is 0 Å². The summed E-state index contributed by atoms with van der Waals surface area (Å²) in [5, 5.41) is 0. The van der Waals surface area contributed by atoms with Crippen LogP contribution >= 0.6 is 0 Å². The molecule has 22 heavy (non-hydrogen) atoms. The van der Waals surface area contributed by atoms with Crippen molar-refractivity contribution >= 4 is 17.3 Å². The van der Waals surface area contributed by atoms with Gasteiger partial charge in [-0.15, -0.1) is 0 Å². The summed E-state index contributed by atoms with van der Waals surface area (Å²) in [4.78, 5) is 17.0. The number of anilines is 2. The number of carbonyl (C=O) groups is 1. The van der Waals surface area contributed by atoms with Crippen molar-refractivity contribution in [2.75, 3.05) is 29.4 Å². The van der Waals surface area contributed by atoms with E-state index >= 15 is 0 Å². The molecule has 1 fully saturated rings. The van der Waals surface area contributed by atoms with Gasteiger partial charge in [0.1, 0.15) is 0 Å². The van der Waals surface area contributed by atoms with E-state index < -0.39 is 0 Å².